The number of aliphatic hydroxyl groups excluding tert-OH is 1. The summed E-state index contributed by atoms with van der Waals surface area (Å²) in [5, 5.41) is 9.68. The van der Waals surface area contributed by atoms with Gasteiger partial charge < -0.3 is 16.6 Å². The van der Waals surface area contributed by atoms with Crippen molar-refractivity contribution in [3.05, 3.63) is 30.2 Å². The monoisotopic (exact) mass is 234 g/mol. The fourth-order valence-corrected chi connectivity index (χ4v) is 1.16. The number of nitrogen functional groups attached to an aromatic ring is 1. The van der Waals surface area contributed by atoms with E-state index in [0.717, 1.165) is 6.42 Å². The third kappa shape index (κ3) is 3.79. The normalized spacial score (nSPS) is 14.7. The van der Waals surface area contributed by atoms with Crippen LogP contribution in [0.2, 0.25) is 0 Å². The molecule has 5 nitrogen and oxygen atoms in total. The number of nitrogens with two attached hydrogens (primary N) is 2. The van der Waals surface area contributed by atoms with Gasteiger partial charge in [-0.15, -0.1) is 0 Å². The maximum absolute atomic E-state index is 9.68. The fraction of sp³-hybridized carbons (Fsp3) is 0.333. The van der Waals surface area contributed by atoms with E-state index in [1.165, 1.54) is 6.08 Å². The topological polar surface area (TPSA) is 97.5 Å². The largest absolute Gasteiger partial charge is 0.512 e. The van der Waals surface area contributed by atoms with Gasteiger partial charge in [-0.2, -0.15) is 0 Å². The van der Waals surface area contributed by atoms with Crippen molar-refractivity contribution in [2.75, 3.05) is 5.73 Å². The molecule has 0 saturated heterocycles. The molecule has 0 aliphatic heterocycles. The van der Waals surface area contributed by atoms with E-state index in [0.29, 0.717) is 11.5 Å². The molecule has 5 heteroatoms. The summed E-state index contributed by atoms with van der Waals surface area (Å²) in [5.74, 6) is 0.819. The van der Waals surface area contributed by atoms with Crippen molar-refractivity contribution in [3.63, 3.8) is 0 Å². The summed E-state index contributed by atoms with van der Waals surface area (Å²) in [6.45, 7) is 3.90. The van der Waals surface area contributed by atoms with E-state index in [-0.39, 0.29) is 17.5 Å². The van der Waals surface area contributed by atoms with Crippen molar-refractivity contribution in [2.45, 2.75) is 20.3 Å². The van der Waals surface area contributed by atoms with Crippen molar-refractivity contribution in [1.82, 2.24) is 4.98 Å². The van der Waals surface area contributed by atoms with Crippen LogP contribution in [-0.2, 0) is 0 Å². The second kappa shape index (κ2) is 5.89. The highest BCUT2D eigenvalue weighted by molar-refractivity contribution is 5.94. The number of aromatic nitrogens is 1. The molecule has 0 aromatic carbocycles. The SMILES string of the molecule is CCC(C)/C(O)=C\C(N)=N\c1ncccc1N. The molecule has 0 aliphatic rings. The lowest BCUT2D eigenvalue weighted by atomic mass is 10.1. The quantitative estimate of drug-likeness (QED) is 0.422. The molecule has 0 spiro atoms. The molecule has 5 N–H and O–H groups in total. The predicted molar refractivity (Wildman–Crippen MR) is 70.1 cm³/mol. The van der Waals surface area contributed by atoms with Gasteiger partial charge in [-0.05, 0) is 18.6 Å². The number of aliphatic imine (C=N–C) groups is 1. The second-order valence-corrected chi connectivity index (χ2v) is 3.83. The Labute approximate surface area is 101 Å². The summed E-state index contributed by atoms with van der Waals surface area (Å²) in [6.07, 6.45) is 3.85. The molecule has 0 saturated carbocycles. The highest BCUT2D eigenvalue weighted by Gasteiger charge is 2.05. The number of pyridine rings is 1. The Bertz CT molecular complexity index is 440. The minimum absolute atomic E-state index is 0.0600. The number of hydrogen-bond acceptors (Lipinski definition) is 4. The van der Waals surface area contributed by atoms with E-state index in [9.17, 15) is 5.11 Å². The van der Waals surface area contributed by atoms with Crippen LogP contribution in [0.25, 0.3) is 0 Å². The first kappa shape index (κ1) is 13.0. The van der Waals surface area contributed by atoms with Gasteiger partial charge in [-0.25, -0.2) is 9.98 Å². The van der Waals surface area contributed by atoms with Crippen molar-refractivity contribution in [3.8, 4) is 0 Å². The lowest BCUT2D eigenvalue weighted by Gasteiger charge is -2.06. The van der Waals surface area contributed by atoms with Gasteiger partial charge in [0.05, 0.1) is 11.4 Å². The van der Waals surface area contributed by atoms with E-state index in [1.807, 2.05) is 13.8 Å². The van der Waals surface area contributed by atoms with Gasteiger partial charge in [0.15, 0.2) is 5.82 Å². The van der Waals surface area contributed by atoms with Crippen LogP contribution < -0.4 is 11.5 Å². The molecule has 17 heavy (non-hydrogen) atoms. The zero-order valence-corrected chi connectivity index (χ0v) is 10.1. The Balaban J connectivity index is 2.91. The number of hydrogen-bond donors (Lipinski definition) is 3. The molecular formula is C12H18N4O. The second-order valence-electron chi connectivity index (χ2n) is 3.83. The minimum atomic E-state index is 0.0600. The van der Waals surface area contributed by atoms with Crippen LogP contribution in [0.3, 0.4) is 0 Å². The van der Waals surface area contributed by atoms with E-state index in [1.54, 1.807) is 18.3 Å². The van der Waals surface area contributed by atoms with E-state index < -0.39 is 0 Å². The van der Waals surface area contributed by atoms with Gasteiger partial charge in [0.1, 0.15) is 5.84 Å². The number of aliphatic hydroxyl groups is 1. The van der Waals surface area contributed by atoms with Crippen LogP contribution >= 0.6 is 0 Å². The van der Waals surface area contributed by atoms with Crippen LogP contribution in [0, 0.1) is 5.92 Å². The summed E-state index contributed by atoms with van der Waals surface area (Å²) < 4.78 is 0. The van der Waals surface area contributed by atoms with Crippen molar-refractivity contribution in [1.29, 1.82) is 0 Å². The lowest BCUT2D eigenvalue weighted by Crippen LogP contribution is -2.11. The first-order valence-electron chi connectivity index (χ1n) is 5.49. The molecule has 1 atom stereocenters. The van der Waals surface area contributed by atoms with Gasteiger partial charge in [0, 0.05) is 18.2 Å². The van der Waals surface area contributed by atoms with Gasteiger partial charge in [0.25, 0.3) is 0 Å². The summed E-state index contributed by atoms with van der Waals surface area (Å²) in [5.41, 5.74) is 11.8. The minimum Gasteiger partial charge on any atom is -0.512 e. The summed E-state index contributed by atoms with van der Waals surface area (Å²) >= 11 is 0. The molecule has 1 aromatic heterocycles. The lowest BCUT2D eigenvalue weighted by molar-refractivity contribution is 0.337. The molecule has 92 valence electrons. The number of allylic oxidation sites excluding steroid dienone is 1. The average molecular weight is 234 g/mol. The van der Waals surface area contributed by atoms with Crippen LogP contribution in [0.4, 0.5) is 11.5 Å². The number of amidine groups is 1. The Kier molecular flexibility index (Phi) is 4.51. The molecule has 0 aliphatic carbocycles. The summed E-state index contributed by atoms with van der Waals surface area (Å²) in [6, 6.07) is 3.41. The van der Waals surface area contributed by atoms with Crippen LogP contribution in [0.1, 0.15) is 20.3 Å². The molecule has 1 unspecified atom stereocenters. The number of anilines is 1. The third-order valence-electron chi connectivity index (χ3n) is 2.46. The van der Waals surface area contributed by atoms with Crippen molar-refractivity contribution < 1.29 is 5.11 Å². The molecule has 1 rings (SSSR count). The standard InChI is InChI=1S/C12H18N4O/c1-3-8(2)10(17)7-11(14)16-12-9(13)5-4-6-15-12/h4-8,17H,3,13H2,1-2H3,(H2,14,15,16)/b10-7+. The van der Waals surface area contributed by atoms with Crippen molar-refractivity contribution in [2.24, 2.45) is 16.6 Å². The Hall–Kier alpha value is -2.04. The number of rotatable bonds is 4. The maximum Gasteiger partial charge on any atom is 0.177 e. The van der Waals surface area contributed by atoms with E-state index >= 15 is 0 Å². The zero-order chi connectivity index (χ0) is 12.8. The fourth-order valence-electron chi connectivity index (χ4n) is 1.16. The molecule has 0 amide bonds. The Morgan fingerprint density at radius 3 is 2.94 bits per heavy atom. The predicted octanol–water partition coefficient (Wildman–Crippen LogP) is 2.14. The highest BCUT2D eigenvalue weighted by atomic mass is 16.3. The highest BCUT2D eigenvalue weighted by Crippen LogP contribution is 2.17. The third-order valence-corrected chi connectivity index (χ3v) is 2.46. The molecule has 1 aromatic rings. The van der Waals surface area contributed by atoms with Gasteiger partial charge in [0.2, 0.25) is 0 Å². The number of nitrogens with zero attached hydrogens (tertiary/aromatic N) is 2. The Morgan fingerprint density at radius 2 is 2.35 bits per heavy atom. The van der Waals surface area contributed by atoms with Crippen molar-refractivity contribution >= 4 is 17.3 Å². The van der Waals surface area contributed by atoms with Crippen LogP contribution in [0.15, 0.2) is 35.2 Å². The van der Waals surface area contributed by atoms with Gasteiger partial charge in [-0.3, -0.25) is 0 Å². The van der Waals surface area contributed by atoms with E-state index in [4.69, 9.17) is 11.5 Å². The Morgan fingerprint density at radius 1 is 1.65 bits per heavy atom. The average Bonchev–Trinajstić information content (AvgIpc) is 2.31. The molecule has 0 radical (unpaired) electrons. The van der Waals surface area contributed by atoms with E-state index in [2.05, 4.69) is 9.98 Å². The molecular weight excluding hydrogens is 216 g/mol. The van der Waals surface area contributed by atoms with Crippen LogP contribution in [-0.4, -0.2) is 15.9 Å². The zero-order valence-electron chi connectivity index (χ0n) is 10.1. The summed E-state index contributed by atoms with van der Waals surface area (Å²) in [4.78, 5) is 8.02. The first-order valence-corrected chi connectivity index (χ1v) is 5.49. The molecule has 0 bridgehead atoms. The molecule has 1 heterocycles. The van der Waals surface area contributed by atoms with Gasteiger partial charge >= 0.3 is 0 Å². The summed E-state index contributed by atoms with van der Waals surface area (Å²) in [7, 11) is 0. The first-order chi connectivity index (χ1) is 8.04. The van der Waals surface area contributed by atoms with Gasteiger partial charge in [-0.1, -0.05) is 13.8 Å². The maximum atomic E-state index is 9.68. The smallest absolute Gasteiger partial charge is 0.177 e. The van der Waals surface area contributed by atoms with Crippen LogP contribution in [0.5, 0.6) is 0 Å². The molecule has 0 fully saturated rings.